The Morgan fingerprint density at radius 2 is 1.78 bits per heavy atom. The summed E-state index contributed by atoms with van der Waals surface area (Å²) in [7, 11) is 1.66. The maximum atomic E-state index is 12.2. The summed E-state index contributed by atoms with van der Waals surface area (Å²) in [5, 5.41) is 5.72. The fourth-order valence-corrected chi connectivity index (χ4v) is 2.89. The van der Waals surface area contributed by atoms with Crippen molar-refractivity contribution >= 4 is 17.5 Å². The second-order valence-electron chi connectivity index (χ2n) is 6.53. The van der Waals surface area contributed by atoms with Crippen LogP contribution in [0, 0.1) is 0 Å². The van der Waals surface area contributed by atoms with E-state index in [1.54, 1.807) is 7.11 Å². The molecule has 0 aromatic heterocycles. The first-order valence-corrected chi connectivity index (χ1v) is 9.33. The second kappa shape index (κ2) is 11.0. The molecule has 0 atom stereocenters. The Kier molecular flexibility index (Phi) is 8.36. The van der Waals surface area contributed by atoms with E-state index in [0.717, 1.165) is 42.7 Å². The first-order chi connectivity index (χ1) is 13.1. The second-order valence-corrected chi connectivity index (χ2v) is 6.53. The van der Waals surface area contributed by atoms with Crippen molar-refractivity contribution in [3.05, 3.63) is 59.7 Å². The lowest BCUT2D eigenvalue weighted by Crippen LogP contribution is -2.20. The SMILES string of the molecule is COc1ccc(NC(=O)CCCCCNC(C)=O)cc1Cc1ccccc1. The molecule has 2 rings (SSSR count). The van der Waals surface area contributed by atoms with Crippen LogP contribution in [-0.2, 0) is 16.0 Å². The van der Waals surface area contributed by atoms with Gasteiger partial charge < -0.3 is 15.4 Å². The van der Waals surface area contributed by atoms with Crippen molar-refractivity contribution in [1.29, 1.82) is 0 Å². The van der Waals surface area contributed by atoms with Crippen molar-refractivity contribution in [2.24, 2.45) is 0 Å². The average Bonchev–Trinajstić information content (AvgIpc) is 2.65. The summed E-state index contributed by atoms with van der Waals surface area (Å²) < 4.78 is 5.45. The zero-order chi connectivity index (χ0) is 19.5. The zero-order valence-electron chi connectivity index (χ0n) is 16.1. The summed E-state index contributed by atoms with van der Waals surface area (Å²) in [5.74, 6) is 0.804. The summed E-state index contributed by atoms with van der Waals surface area (Å²) >= 11 is 0. The third-order valence-corrected chi connectivity index (χ3v) is 4.26. The number of hydrogen-bond donors (Lipinski definition) is 2. The highest BCUT2D eigenvalue weighted by Crippen LogP contribution is 2.25. The molecule has 5 nitrogen and oxygen atoms in total. The predicted octanol–water partition coefficient (Wildman–Crippen LogP) is 3.92. The molecule has 0 saturated carbocycles. The van der Waals surface area contributed by atoms with Gasteiger partial charge in [0.25, 0.3) is 0 Å². The number of anilines is 1. The van der Waals surface area contributed by atoms with Crippen LogP contribution in [0.5, 0.6) is 5.75 Å². The van der Waals surface area contributed by atoms with Gasteiger partial charge in [-0.05, 0) is 36.6 Å². The lowest BCUT2D eigenvalue weighted by molar-refractivity contribution is -0.119. The molecule has 5 heteroatoms. The van der Waals surface area contributed by atoms with Gasteiger partial charge in [-0.15, -0.1) is 0 Å². The van der Waals surface area contributed by atoms with E-state index in [1.165, 1.54) is 12.5 Å². The molecule has 0 aliphatic carbocycles. The van der Waals surface area contributed by atoms with E-state index in [-0.39, 0.29) is 11.8 Å². The quantitative estimate of drug-likeness (QED) is 0.625. The Bertz CT molecular complexity index is 744. The van der Waals surface area contributed by atoms with Crippen LogP contribution in [0.4, 0.5) is 5.69 Å². The number of carbonyl (C=O) groups is 2. The molecule has 0 radical (unpaired) electrons. The lowest BCUT2D eigenvalue weighted by atomic mass is 10.0. The van der Waals surface area contributed by atoms with Gasteiger partial charge in [0.1, 0.15) is 5.75 Å². The number of amides is 2. The third kappa shape index (κ3) is 7.52. The number of benzene rings is 2. The van der Waals surface area contributed by atoms with Gasteiger partial charge in [0, 0.05) is 37.6 Å². The largest absolute Gasteiger partial charge is 0.496 e. The van der Waals surface area contributed by atoms with Gasteiger partial charge in [0.05, 0.1) is 7.11 Å². The molecule has 2 N–H and O–H groups in total. The number of ether oxygens (including phenoxy) is 1. The van der Waals surface area contributed by atoms with Gasteiger partial charge in [0.15, 0.2) is 0 Å². The fraction of sp³-hybridized carbons (Fsp3) is 0.364. The Morgan fingerprint density at radius 1 is 1.00 bits per heavy atom. The minimum atomic E-state index is -0.0152. The summed E-state index contributed by atoms with van der Waals surface area (Å²) in [6.45, 7) is 2.17. The van der Waals surface area contributed by atoms with Crippen LogP contribution in [-0.4, -0.2) is 25.5 Å². The molecule has 0 aliphatic heterocycles. The Labute approximate surface area is 161 Å². The van der Waals surface area contributed by atoms with Crippen molar-refractivity contribution in [2.75, 3.05) is 19.0 Å². The number of nitrogens with one attached hydrogen (secondary N) is 2. The minimum absolute atomic E-state index is 0.00496. The summed E-state index contributed by atoms with van der Waals surface area (Å²) in [5.41, 5.74) is 3.01. The number of rotatable bonds is 10. The van der Waals surface area contributed by atoms with E-state index >= 15 is 0 Å². The summed E-state index contributed by atoms with van der Waals surface area (Å²) in [6.07, 6.45) is 3.82. The maximum absolute atomic E-state index is 12.2. The summed E-state index contributed by atoms with van der Waals surface area (Å²) in [6, 6.07) is 15.9. The molecule has 0 unspecified atom stereocenters. The first kappa shape index (κ1) is 20.5. The van der Waals surface area contributed by atoms with Gasteiger partial charge in [-0.1, -0.05) is 36.8 Å². The number of methoxy groups -OCH3 is 1. The molecule has 0 aliphatic rings. The van der Waals surface area contributed by atoms with E-state index in [0.29, 0.717) is 13.0 Å². The highest BCUT2D eigenvalue weighted by atomic mass is 16.5. The van der Waals surface area contributed by atoms with E-state index in [2.05, 4.69) is 22.8 Å². The Hall–Kier alpha value is -2.82. The van der Waals surface area contributed by atoms with Crippen LogP contribution in [0.2, 0.25) is 0 Å². The molecule has 0 fully saturated rings. The normalized spacial score (nSPS) is 10.3. The molecule has 27 heavy (non-hydrogen) atoms. The average molecular weight is 368 g/mol. The van der Waals surface area contributed by atoms with Gasteiger partial charge in [0.2, 0.25) is 11.8 Å². The van der Waals surface area contributed by atoms with E-state index in [9.17, 15) is 9.59 Å². The van der Waals surface area contributed by atoms with Crippen LogP contribution in [0.1, 0.15) is 43.7 Å². The smallest absolute Gasteiger partial charge is 0.224 e. The molecule has 2 aromatic rings. The fourth-order valence-electron chi connectivity index (χ4n) is 2.89. The highest BCUT2D eigenvalue weighted by molar-refractivity contribution is 5.90. The molecule has 0 heterocycles. The van der Waals surface area contributed by atoms with Gasteiger partial charge in [-0.3, -0.25) is 9.59 Å². The highest BCUT2D eigenvalue weighted by Gasteiger charge is 2.08. The van der Waals surface area contributed by atoms with E-state index < -0.39 is 0 Å². The van der Waals surface area contributed by atoms with Crippen LogP contribution < -0.4 is 15.4 Å². The topological polar surface area (TPSA) is 67.4 Å². The van der Waals surface area contributed by atoms with Crippen LogP contribution in [0.15, 0.2) is 48.5 Å². The molecule has 0 saturated heterocycles. The Balaban J connectivity index is 1.86. The third-order valence-electron chi connectivity index (χ3n) is 4.26. The molecule has 0 bridgehead atoms. The molecule has 0 spiro atoms. The number of unbranched alkanes of at least 4 members (excludes halogenated alkanes) is 2. The molecule has 2 amide bonds. The predicted molar refractivity (Wildman–Crippen MR) is 108 cm³/mol. The van der Waals surface area contributed by atoms with Crippen molar-refractivity contribution < 1.29 is 14.3 Å². The van der Waals surface area contributed by atoms with Crippen molar-refractivity contribution in [3.63, 3.8) is 0 Å². The van der Waals surface area contributed by atoms with Crippen LogP contribution in [0.3, 0.4) is 0 Å². The number of carbonyl (C=O) groups excluding carboxylic acids is 2. The van der Waals surface area contributed by atoms with Gasteiger partial charge >= 0.3 is 0 Å². The minimum Gasteiger partial charge on any atom is -0.496 e. The van der Waals surface area contributed by atoms with Crippen LogP contribution in [0.25, 0.3) is 0 Å². The monoisotopic (exact) mass is 368 g/mol. The van der Waals surface area contributed by atoms with Gasteiger partial charge in [-0.2, -0.15) is 0 Å². The van der Waals surface area contributed by atoms with Crippen molar-refractivity contribution in [1.82, 2.24) is 5.32 Å². The molecule has 2 aromatic carbocycles. The molecule has 144 valence electrons. The summed E-state index contributed by atoms with van der Waals surface area (Å²) in [4.78, 5) is 23.0. The standard InChI is InChI=1S/C22H28N2O3/c1-17(25)23-14-8-4-7-11-22(26)24-20-12-13-21(27-2)19(16-20)15-18-9-5-3-6-10-18/h3,5-6,9-10,12-13,16H,4,7-8,11,14-15H2,1-2H3,(H,23,25)(H,24,26). The van der Waals surface area contributed by atoms with E-state index in [4.69, 9.17) is 4.74 Å². The van der Waals surface area contributed by atoms with Crippen LogP contribution >= 0.6 is 0 Å². The van der Waals surface area contributed by atoms with Crippen molar-refractivity contribution in [2.45, 2.75) is 39.0 Å². The zero-order valence-corrected chi connectivity index (χ0v) is 16.1. The first-order valence-electron chi connectivity index (χ1n) is 9.33. The maximum Gasteiger partial charge on any atom is 0.224 e. The molecular weight excluding hydrogens is 340 g/mol. The van der Waals surface area contributed by atoms with Crippen molar-refractivity contribution in [3.8, 4) is 5.75 Å². The van der Waals surface area contributed by atoms with E-state index in [1.807, 2.05) is 36.4 Å². The number of hydrogen-bond acceptors (Lipinski definition) is 3. The molecular formula is C22H28N2O3. The van der Waals surface area contributed by atoms with Gasteiger partial charge in [-0.25, -0.2) is 0 Å². The lowest BCUT2D eigenvalue weighted by Gasteiger charge is -2.12. The Morgan fingerprint density at radius 3 is 2.48 bits per heavy atom.